The Bertz CT molecular complexity index is 744. The summed E-state index contributed by atoms with van der Waals surface area (Å²) in [6.07, 6.45) is 9.89. The van der Waals surface area contributed by atoms with Crippen LogP contribution in [0, 0.1) is 11.8 Å². The van der Waals surface area contributed by atoms with E-state index in [9.17, 15) is 9.59 Å². The van der Waals surface area contributed by atoms with Gasteiger partial charge in [0.1, 0.15) is 11.7 Å². The number of aromatic nitrogens is 2. The predicted molar refractivity (Wildman–Crippen MR) is 105 cm³/mol. The summed E-state index contributed by atoms with van der Waals surface area (Å²) in [6.45, 7) is 4.44. The van der Waals surface area contributed by atoms with Crippen molar-refractivity contribution in [2.75, 3.05) is 6.54 Å². The van der Waals surface area contributed by atoms with Gasteiger partial charge in [-0.2, -0.15) is 0 Å². The van der Waals surface area contributed by atoms with Gasteiger partial charge in [0, 0.05) is 31.3 Å². The van der Waals surface area contributed by atoms with E-state index >= 15 is 0 Å². The van der Waals surface area contributed by atoms with Crippen LogP contribution in [0.2, 0.25) is 0 Å². The highest BCUT2D eigenvalue weighted by Gasteiger charge is 2.28. The first-order valence-electron chi connectivity index (χ1n) is 10.1. The number of fused-ring (bicyclic) bond motifs is 1. The first-order chi connectivity index (χ1) is 13.0. The van der Waals surface area contributed by atoms with Crippen LogP contribution in [0.3, 0.4) is 0 Å². The summed E-state index contributed by atoms with van der Waals surface area (Å²) < 4.78 is 1.97. The standard InChI is InChI=1S/C21H30N4O2/c1-15(2)19(24-20(26)16-8-4-3-5-9-16)21(27)22-12-11-17-14-25-13-7-6-10-18(25)23-17/h6-7,10,13-16,19H,3-5,8-9,11-12H2,1-2H3,(H,22,27)(H,24,26)/t19-/m1/s1. The number of carbonyl (C=O) groups is 2. The second-order valence-electron chi connectivity index (χ2n) is 7.80. The molecule has 3 rings (SSSR count). The number of carbonyl (C=O) groups excluding carboxylic acids is 2. The second kappa shape index (κ2) is 9.02. The van der Waals surface area contributed by atoms with Gasteiger partial charge in [0.15, 0.2) is 0 Å². The molecule has 0 aromatic carbocycles. The van der Waals surface area contributed by atoms with E-state index in [0.29, 0.717) is 13.0 Å². The second-order valence-corrected chi connectivity index (χ2v) is 7.80. The minimum Gasteiger partial charge on any atom is -0.354 e. The van der Waals surface area contributed by atoms with Crippen LogP contribution in [0.4, 0.5) is 0 Å². The molecule has 1 fully saturated rings. The third-order valence-corrected chi connectivity index (χ3v) is 5.32. The number of rotatable bonds is 7. The van der Waals surface area contributed by atoms with E-state index in [1.165, 1.54) is 6.42 Å². The number of hydrogen-bond donors (Lipinski definition) is 2. The van der Waals surface area contributed by atoms with E-state index < -0.39 is 6.04 Å². The molecule has 6 heteroatoms. The summed E-state index contributed by atoms with van der Waals surface area (Å²) in [5.41, 5.74) is 1.84. The van der Waals surface area contributed by atoms with E-state index in [-0.39, 0.29) is 23.7 Å². The van der Waals surface area contributed by atoms with Crippen molar-refractivity contribution in [1.29, 1.82) is 0 Å². The summed E-state index contributed by atoms with van der Waals surface area (Å²) in [5, 5.41) is 5.95. The molecule has 2 heterocycles. The van der Waals surface area contributed by atoms with Crippen molar-refractivity contribution in [3.63, 3.8) is 0 Å². The van der Waals surface area contributed by atoms with Crippen molar-refractivity contribution >= 4 is 17.5 Å². The van der Waals surface area contributed by atoms with Crippen LogP contribution in [0.1, 0.15) is 51.6 Å². The number of nitrogens with zero attached hydrogens (tertiary/aromatic N) is 2. The smallest absolute Gasteiger partial charge is 0.242 e. The van der Waals surface area contributed by atoms with Gasteiger partial charge in [-0.15, -0.1) is 0 Å². The molecule has 1 atom stereocenters. The van der Waals surface area contributed by atoms with Gasteiger partial charge in [0.05, 0.1) is 5.69 Å². The molecule has 0 radical (unpaired) electrons. The molecule has 1 aliphatic rings. The van der Waals surface area contributed by atoms with Gasteiger partial charge in [-0.05, 0) is 30.9 Å². The van der Waals surface area contributed by atoms with Crippen LogP contribution in [-0.4, -0.2) is 33.8 Å². The Morgan fingerprint density at radius 3 is 2.70 bits per heavy atom. The van der Waals surface area contributed by atoms with Crippen LogP contribution in [0.5, 0.6) is 0 Å². The number of hydrogen-bond acceptors (Lipinski definition) is 3. The van der Waals surface area contributed by atoms with Crippen molar-refractivity contribution in [3.8, 4) is 0 Å². The topological polar surface area (TPSA) is 75.5 Å². The van der Waals surface area contributed by atoms with Crippen LogP contribution < -0.4 is 10.6 Å². The van der Waals surface area contributed by atoms with Crippen LogP contribution in [-0.2, 0) is 16.0 Å². The van der Waals surface area contributed by atoms with Gasteiger partial charge < -0.3 is 15.0 Å². The number of nitrogens with one attached hydrogen (secondary N) is 2. The van der Waals surface area contributed by atoms with E-state index in [1.54, 1.807) is 0 Å². The quantitative estimate of drug-likeness (QED) is 0.787. The molecule has 0 bridgehead atoms. The maximum absolute atomic E-state index is 12.6. The van der Waals surface area contributed by atoms with Crippen molar-refractivity contribution < 1.29 is 9.59 Å². The predicted octanol–water partition coefficient (Wildman–Crippen LogP) is 2.71. The minimum absolute atomic E-state index is 0.0314. The molecule has 2 amide bonds. The van der Waals surface area contributed by atoms with Gasteiger partial charge in [-0.1, -0.05) is 39.2 Å². The summed E-state index contributed by atoms with van der Waals surface area (Å²) in [6, 6.07) is 5.39. The van der Waals surface area contributed by atoms with Crippen LogP contribution in [0.25, 0.3) is 5.65 Å². The summed E-state index contributed by atoms with van der Waals surface area (Å²) in [5.74, 6) is 0.0281. The highest BCUT2D eigenvalue weighted by atomic mass is 16.2. The molecule has 2 aromatic rings. The van der Waals surface area contributed by atoms with Gasteiger partial charge >= 0.3 is 0 Å². The SMILES string of the molecule is CC(C)[C@@H](NC(=O)C1CCCCC1)C(=O)NCCc1cn2ccccc2n1. The average Bonchev–Trinajstić information content (AvgIpc) is 3.09. The summed E-state index contributed by atoms with van der Waals surface area (Å²) >= 11 is 0. The zero-order valence-electron chi connectivity index (χ0n) is 16.3. The Morgan fingerprint density at radius 2 is 2.00 bits per heavy atom. The zero-order valence-corrected chi connectivity index (χ0v) is 16.3. The lowest BCUT2D eigenvalue weighted by molar-refractivity contribution is -0.132. The fourth-order valence-electron chi connectivity index (χ4n) is 3.70. The van der Waals surface area contributed by atoms with Gasteiger partial charge in [0.25, 0.3) is 0 Å². The fourth-order valence-corrected chi connectivity index (χ4v) is 3.70. The maximum atomic E-state index is 12.6. The molecule has 1 saturated carbocycles. The molecule has 0 unspecified atom stereocenters. The first-order valence-corrected chi connectivity index (χ1v) is 10.1. The minimum atomic E-state index is -0.486. The zero-order chi connectivity index (χ0) is 19.2. The number of pyridine rings is 1. The van der Waals surface area contributed by atoms with Gasteiger partial charge in [-0.3, -0.25) is 9.59 Å². The molecule has 0 aliphatic heterocycles. The number of imidazole rings is 1. The summed E-state index contributed by atoms with van der Waals surface area (Å²) in [7, 11) is 0. The van der Waals surface area contributed by atoms with Gasteiger partial charge in [-0.25, -0.2) is 4.98 Å². The largest absolute Gasteiger partial charge is 0.354 e. The molecule has 2 aromatic heterocycles. The molecule has 27 heavy (non-hydrogen) atoms. The highest BCUT2D eigenvalue weighted by Crippen LogP contribution is 2.24. The Balaban J connectivity index is 1.51. The Morgan fingerprint density at radius 1 is 1.22 bits per heavy atom. The Labute approximate surface area is 160 Å². The normalized spacial score (nSPS) is 16.4. The first kappa shape index (κ1) is 19.4. The Hall–Kier alpha value is -2.37. The highest BCUT2D eigenvalue weighted by molar-refractivity contribution is 5.88. The lowest BCUT2D eigenvalue weighted by Crippen LogP contribution is -2.51. The van der Waals surface area contributed by atoms with E-state index in [0.717, 1.165) is 37.0 Å². The summed E-state index contributed by atoms with van der Waals surface area (Å²) in [4.78, 5) is 29.7. The van der Waals surface area contributed by atoms with Gasteiger partial charge in [0.2, 0.25) is 11.8 Å². The van der Waals surface area contributed by atoms with Crippen LogP contribution >= 0.6 is 0 Å². The lowest BCUT2D eigenvalue weighted by atomic mass is 9.88. The number of amides is 2. The van der Waals surface area contributed by atoms with E-state index in [4.69, 9.17) is 0 Å². The lowest BCUT2D eigenvalue weighted by Gasteiger charge is -2.26. The van der Waals surface area contributed by atoms with Crippen molar-refractivity contribution in [2.24, 2.45) is 11.8 Å². The molecule has 0 saturated heterocycles. The molecule has 6 nitrogen and oxygen atoms in total. The molecular formula is C21H30N4O2. The van der Waals surface area contributed by atoms with Crippen molar-refractivity contribution in [3.05, 3.63) is 36.3 Å². The monoisotopic (exact) mass is 370 g/mol. The third-order valence-electron chi connectivity index (χ3n) is 5.32. The molecule has 0 spiro atoms. The molecule has 146 valence electrons. The van der Waals surface area contributed by atoms with E-state index in [1.807, 2.05) is 48.8 Å². The maximum Gasteiger partial charge on any atom is 0.242 e. The van der Waals surface area contributed by atoms with Crippen molar-refractivity contribution in [2.45, 2.75) is 58.4 Å². The Kier molecular flexibility index (Phi) is 6.48. The molecular weight excluding hydrogens is 340 g/mol. The molecule has 1 aliphatic carbocycles. The molecule has 2 N–H and O–H groups in total. The van der Waals surface area contributed by atoms with E-state index in [2.05, 4.69) is 15.6 Å². The van der Waals surface area contributed by atoms with Crippen molar-refractivity contribution in [1.82, 2.24) is 20.0 Å². The van der Waals surface area contributed by atoms with Crippen LogP contribution in [0.15, 0.2) is 30.6 Å². The average molecular weight is 370 g/mol. The third kappa shape index (κ3) is 5.08. The fraction of sp³-hybridized carbons (Fsp3) is 0.571.